The van der Waals surface area contributed by atoms with E-state index in [4.69, 9.17) is 0 Å². The first-order chi connectivity index (χ1) is 10.6. The van der Waals surface area contributed by atoms with Gasteiger partial charge in [0.05, 0.1) is 29.5 Å². The lowest BCUT2D eigenvalue weighted by Crippen LogP contribution is -2.31. The molecule has 1 aliphatic rings. The largest absolute Gasteiger partial charge is 0.468 e. The SMILES string of the molecule is COC(=O)CSC1=C(C#N)[C@@H](c2ccccc2C)CC(=O)N1. The highest BCUT2D eigenvalue weighted by molar-refractivity contribution is 8.03. The summed E-state index contributed by atoms with van der Waals surface area (Å²) in [5, 5.41) is 12.6. The van der Waals surface area contributed by atoms with Gasteiger partial charge in [-0.2, -0.15) is 5.26 Å². The van der Waals surface area contributed by atoms with Gasteiger partial charge >= 0.3 is 5.97 Å². The molecule has 2 rings (SSSR count). The molecule has 0 fully saturated rings. The fourth-order valence-electron chi connectivity index (χ4n) is 2.37. The predicted molar refractivity (Wildman–Crippen MR) is 83.8 cm³/mol. The third-order valence-corrected chi connectivity index (χ3v) is 4.47. The molecule has 1 aromatic carbocycles. The van der Waals surface area contributed by atoms with Crippen LogP contribution in [0.2, 0.25) is 0 Å². The summed E-state index contributed by atoms with van der Waals surface area (Å²) in [6.45, 7) is 1.96. The molecule has 1 heterocycles. The number of hydrogen-bond acceptors (Lipinski definition) is 5. The van der Waals surface area contributed by atoms with Gasteiger partial charge in [0.2, 0.25) is 5.91 Å². The first-order valence-corrected chi connectivity index (χ1v) is 7.74. The lowest BCUT2D eigenvalue weighted by Gasteiger charge is -2.26. The van der Waals surface area contributed by atoms with Crippen molar-refractivity contribution in [2.24, 2.45) is 0 Å². The van der Waals surface area contributed by atoms with Crippen LogP contribution < -0.4 is 5.32 Å². The molecule has 0 radical (unpaired) electrons. The number of nitrogens with one attached hydrogen (secondary N) is 1. The molecule has 6 heteroatoms. The van der Waals surface area contributed by atoms with Crippen molar-refractivity contribution < 1.29 is 14.3 Å². The maximum Gasteiger partial charge on any atom is 0.316 e. The number of carbonyl (C=O) groups is 2. The van der Waals surface area contributed by atoms with Gasteiger partial charge in [0.25, 0.3) is 0 Å². The maximum absolute atomic E-state index is 12.0. The van der Waals surface area contributed by atoms with Crippen molar-refractivity contribution in [1.82, 2.24) is 5.32 Å². The highest BCUT2D eigenvalue weighted by Gasteiger charge is 2.30. The number of ether oxygens (including phenoxy) is 1. The fraction of sp³-hybridized carbons (Fsp3) is 0.312. The number of amides is 1. The topological polar surface area (TPSA) is 79.2 Å². The molecule has 0 saturated heterocycles. The minimum absolute atomic E-state index is 0.0534. The summed E-state index contributed by atoms with van der Waals surface area (Å²) in [5.41, 5.74) is 2.49. The second-order valence-corrected chi connectivity index (χ2v) is 5.87. The monoisotopic (exact) mass is 316 g/mol. The Bertz CT molecular complexity index is 676. The third kappa shape index (κ3) is 3.49. The first-order valence-electron chi connectivity index (χ1n) is 6.76. The lowest BCUT2D eigenvalue weighted by atomic mass is 9.85. The number of thioether (sulfide) groups is 1. The summed E-state index contributed by atoms with van der Waals surface area (Å²) < 4.78 is 4.59. The number of allylic oxidation sites excluding steroid dienone is 1. The number of nitrogens with zero attached hydrogens (tertiary/aromatic N) is 1. The van der Waals surface area contributed by atoms with Gasteiger partial charge in [-0.15, -0.1) is 0 Å². The molecule has 0 spiro atoms. The van der Waals surface area contributed by atoms with E-state index in [0.717, 1.165) is 22.9 Å². The number of nitriles is 1. The third-order valence-electron chi connectivity index (χ3n) is 3.48. The summed E-state index contributed by atoms with van der Waals surface area (Å²) in [7, 11) is 1.30. The zero-order valence-corrected chi connectivity index (χ0v) is 13.2. The highest BCUT2D eigenvalue weighted by atomic mass is 32.2. The van der Waals surface area contributed by atoms with Crippen LogP contribution in [-0.2, 0) is 14.3 Å². The van der Waals surface area contributed by atoms with Gasteiger partial charge in [-0.05, 0) is 18.1 Å². The first kappa shape index (κ1) is 16.1. The van der Waals surface area contributed by atoms with Crippen LogP contribution in [0.3, 0.4) is 0 Å². The van der Waals surface area contributed by atoms with Crippen molar-refractivity contribution in [2.45, 2.75) is 19.3 Å². The summed E-state index contributed by atoms with van der Waals surface area (Å²) in [6.07, 6.45) is 0.232. The number of aryl methyl sites for hydroxylation is 1. The number of methoxy groups -OCH3 is 1. The van der Waals surface area contributed by atoms with Crippen LogP contribution in [0, 0.1) is 18.3 Å². The molecule has 1 aromatic rings. The zero-order valence-electron chi connectivity index (χ0n) is 12.4. The second kappa shape index (κ2) is 7.14. The maximum atomic E-state index is 12.0. The van der Waals surface area contributed by atoms with Gasteiger partial charge in [-0.1, -0.05) is 36.0 Å². The fourth-order valence-corrected chi connectivity index (χ4v) is 3.28. The van der Waals surface area contributed by atoms with Crippen LogP contribution in [-0.4, -0.2) is 24.7 Å². The van der Waals surface area contributed by atoms with Crippen molar-refractivity contribution >= 4 is 23.6 Å². The van der Waals surface area contributed by atoms with Crippen molar-refractivity contribution in [3.8, 4) is 6.07 Å². The van der Waals surface area contributed by atoms with Crippen LogP contribution in [0.15, 0.2) is 34.9 Å². The smallest absolute Gasteiger partial charge is 0.316 e. The van der Waals surface area contributed by atoms with Gasteiger partial charge in [0, 0.05) is 12.3 Å². The van der Waals surface area contributed by atoms with Crippen LogP contribution in [0.5, 0.6) is 0 Å². The van der Waals surface area contributed by atoms with E-state index in [1.807, 2.05) is 31.2 Å². The summed E-state index contributed by atoms with van der Waals surface area (Å²) >= 11 is 1.12. The van der Waals surface area contributed by atoms with Gasteiger partial charge < -0.3 is 10.1 Å². The van der Waals surface area contributed by atoms with E-state index in [9.17, 15) is 14.9 Å². The second-order valence-electron chi connectivity index (χ2n) is 4.88. The molecule has 1 aliphatic heterocycles. The number of esters is 1. The molecule has 1 amide bonds. The van der Waals surface area contributed by atoms with E-state index in [1.165, 1.54) is 7.11 Å². The van der Waals surface area contributed by atoms with Crippen LogP contribution in [0.25, 0.3) is 0 Å². The van der Waals surface area contributed by atoms with Crippen molar-refractivity contribution in [3.63, 3.8) is 0 Å². The van der Waals surface area contributed by atoms with Crippen molar-refractivity contribution in [3.05, 3.63) is 46.0 Å². The van der Waals surface area contributed by atoms with Crippen LogP contribution >= 0.6 is 11.8 Å². The summed E-state index contributed by atoms with van der Waals surface area (Å²) in [4.78, 5) is 23.2. The molecule has 5 nitrogen and oxygen atoms in total. The van der Waals surface area contributed by atoms with E-state index >= 15 is 0 Å². The minimum atomic E-state index is -0.401. The summed E-state index contributed by atoms with van der Waals surface area (Å²) in [6, 6.07) is 9.88. The molecule has 0 aliphatic carbocycles. The average molecular weight is 316 g/mol. The van der Waals surface area contributed by atoms with Crippen molar-refractivity contribution in [1.29, 1.82) is 5.26 Å². The number of hydrogen-bond donors (Lipinski definition) is 1. The normalized spacial score (nSPS) is 17.7. The Kier molecular flexibility index (Phi) is 5.23. The van der Waals surface area contributed by atoms with Gasteiger partial charge in [0.1, 0.15) is 0 Å². The summed E-state index contributed by atoms with van der Waals surface area (Å²) in [5.74, 6) is -0.778. The van der Waals surface area contributed by atoms with E-state index in [-0.39, 0.29) is 24.0 Å². The number of rotatable bonds is 4. The minimum Gasteiger partial charge on any atom is -0.468 e. The van der Waals surface area contributed by atoms with Crippen LogP contribution in [0.1, 0.15) is 23.5 Å². The van der Waals surface area contributed by atoms with E-state index in [0.29, 0.717) is 10.6 Å². The Morgan fingerprint density at radius 3 is 2.86 bits per heavy atom. The Morgan fingerprint density at radius 1 is 1.50 bits per heavy atom. The molecular weight excluding hydrogens is 300 g/mol. The molecule has 0 bridgehead atoms. The molecule has 0 unspecified atom stereocenters. The predicted octanol–water partition coefficient (Wildman–Crippen LogP) is 2.24. The molecular formula is C16H16N2O3S. The quantitative estimate of drug-likeness (QED) is 0.862. The molecule has 22 heavy (non-hydrogen) atoms. The zero-order chi connectivity index (χ0) is 16.1. The lowest BCUT2D eigenvalue weighted by molar-refractivity contribution is -0.137. The Labute approximate surface area is 133 Å². The molecule has 0 aromatic heterocycles. The van der Waals surface area contributed by atoms with E-state index in [1.54, 1.807) is 0 Å². The van der Waals surface area contributed by atoms with Gasteiger partial charge in [-0.25, -0.2) is 0 Å². The Balaban J connectivity index is 2.37. The molecule has 1 atom stereocenters. The van der Waals surface area contributed by atoms with Crippen LogP contribution in [0.4, 0.5) is 0 Å². The Hall–Kier alpha value is -2.26. The Morgan fingerprint density at radius 2 is 2.23 bits per heavy atom. The van der Waals surface area contributed by atoms with Gasteiger partial charge in [-0.3, -0.25) is 9.59 Å². The molecule has 114 valence electrons. The standard InChI is InChI=1S/C16H16N2O3S/c1-10-5-3-4-6-11(10)12-7-14(19)18-16(13(12)8-17)22-9-15(20)21-2/h3-6,12H,7,9H2,1-2H3,(H,18,19)/t12-/m1/s1. The van der Waals surface area contributed by atoms with Crippen molar-refractivity contribution in [2.75, 3.05) is 12.9 Å². The molecule has 0 saturated carbocycles. The highest BCUT2D eigenvalue weighted by Crippen LogP contribution is 2.37. The average Bonchev–Trinajstić information content (AvgIpc) is 2.52. The van der Waals surface area contributed by atoms with E-state index < -0.39 is 5.97 Å². The molecule has 1 N–H and O–H groups in total. The van der Waals surface area contributed by atoms with Gasteiger partial charge in [0.15, 0.2) is 0 Å². The van der Waals surface area contributed by atoms with E-state index in [2.05, 4.69) is 16.1 Å². The number of benzene rings is 1. The number of carbonyl (C=O) groups excluding carboxylic acids is 2.